The van der Waals surface area contributed by atoms with Crippen molar-refractivity contribution in [3.05, 3.63) is 22.4 Å². The van der Waals surface area contributed by atoms with E-state index in [1.54, 1.807) is 11.3 Å². The number of nitrogens with zero attached hydrogens (tertiary/aromatic N) is 2. The summed E-state index contributed by atoms with van der Waals surface area (Å²) in [7, 11) is 1.81. The van der Waals surface area contributed by atoms with Crippen LogP contribution in [0, 0.1) is 0 Å². The van der Waals surface area contributed by atoms with Gasteiger partial charge in [-0.15, -0.1) is 11.3 Å². The fourth-order valence-electron chi connectivity index (χ4n) is 3.38. The molecule has 1 aromatic heterocycles. The fraction of sp³-hybridized carbons (Fsp3) is 0.714. The van der Waals surface area contributed by atoms with E-state index in [0.717, 1.165) is 71.0 Å². The van der Waals surface area contributed by atoms with Gasteiger partial charge in [-0.05, 0) is 31.2 Å². The predicted octanol–water partition coefficient (Wildman–Crippen LogP) is 2.80. The molecule has 0 aromatic carbocycles. The lowest BCUT2D eigenvalue weighted by atomic mass is 10.1. The van der Waals surface area contributed by atoms with E-state index in [4.69, 9.17) is 9.47 Å². The second kappa shape index (κ2) is 14.4. The highest BCUT2D eigenvalue weighted by Gasteiger charge is 2.23. The van der Waals surface area contributed by atoms with E-state index >= 15 is 0 Å². The minimum Gasteiger partial charge on any atom is -0.466 e. The van der Waals surface area contributed by atoms with Gasteiger partial charge in [0, 0.05) is 44.5 Å². The third kappa shape index (κ3) is 9.14. The number of rotatable bonds is 12. The summed E-state index contributed by atoms with van der Waals surface area (Å²) in [5, 5.41) is 9.03. The molecule has 164 valence electrons. The normalized spacial score (nSPS) is 16.4. The molecule has 1 fully saturated rings. The molecule has 1 saturated heterocycles. The zero-order chi connectivity index (χ0) is 20.7. The summed E-state index contributed by atoms with van der Waals surface area (Å²) in [6, 6.07) is 4.65. The van der Waals surface area contributed by atoms with E-state index in [1.807, 2.05) is 14.0 Å². The summed E-state index contributed by atoms with van der Waals surface area (Å²) in [6.45, 7) is 7.52. The van der Waals surface area contributed by atoms with E-state index in [2.05, 4.69) is 38.0 Å². The van der Waals surface area contributed by atoms with E-state index in [1.165, 1.54) is 4.88 Å². The molecule has 1 aliphatic rings. The lowest BCUT2D eigenvalue weighted by Gasteiger charge is -2.34. The minimum absolute atomic E-state index is 0.0872. The second-order valence-electron chi connectivity index (χ2n) is 7.03. The van der Waals surface area contributed by atoms with Gasteiger partial charge in [0.15, 0.2) is 5.96 Å². The highest BCUT2D eigenvalue weighted by molar-refractivity contribution is 7.10. The van der Waals surface area contributed by atoms with Crippen LogP contribution < -0.4 is 10.6 Å². The van der Waals surface area contributed by atoms with Gasteiger partial charge < -0.3 is 20.1 Å². The summed E-state index contributed by atoms with van der Waals surface area (Å²) in [4.78, 5) is 19.5. The van der Waals surface area contributed by atoms with Crippen LogP contribution in [0.25, 0.3) is 0 Å². The van der Waals surface area contributed by atoms with Crippen LogP contribution in [0.15, 0.2) is 22.5 Å². The van der Waals surface area contributed by atoms with Crippen LogP contribution in [0.3, 0.4) is 0 Å². The monoisotopic (exact) mass is 424 g/mol. The number of esters is 1. The summed E-state index contributed by atoms with van der Waals surface area (Å²) in [6.07, 6.45) is 4.62. The lowest BCUT2D eigenvalue weighted by Crippen LogP contribution is -2.46. The molecule has 8 heteroatoms. The number of hydrogen-bond acceptors (Lipinski definition) is 6. The first-order chi connectivity index (χ1) is 14.2. The van der Waals surface area contributed by atoms with Crippen molar-refractivity contribution in [2.75, 3.05) is 53.0 Å². The SMILES string of the molecule is CCOC(=O)CCCCCCNC(=NC)NCC(c1cccs1)N1CCOCC1. The second-order valence-corrected chi connectivity index (χ2v) is 8.01. The van der Waals surface area contributed by atoms with Crippen LogP contribution in [-0.2, 0) is 14.3 Å². The van der Waals surface area contributed by atoms with Crippen LogP contribution in [0.5, 0.6) is 0 Å². The van der Waals surface area contributed by atoms with E-state index in [-0.39, 0.29) is 5.97 Å². The summed E-state index contributed by atoms with van der Waals surface area (Å²) in [5.74, 6) is 0.752. The van der Waals surface area contributed by atoms with E-state index < -0.39 is 0 Å². The molecule has 1 aliphatic heterocycles. The Labute approximate surface area is 178 Å². The molecule has 29 heavy (non-hydrogen) atoms. The molecule has 0 aliphatic carbocycles. The molecule has 2 N–H and O–H groups in total. The molecule has 1 aromatic rings. The molecule has 1 unspecified atom stereocenters. The Morgan fingerprint density at radius 2 is 2.07 bits per heavy atom. The van der Waals surface area contributed by atoms with Gasteiger partial charge in [0.1, 0.15) is 0 Å². The molecule has 0 amide bonds. The number of carbonyl (C=O) groups is 1. The first-order valence-corrected chi connectivity index (χ1v) is 11.6. The number of guanidine groups is 1. The van der Waals surface area contributed by atoms with Gasteiger partial charge in [-0.2, -0.15) is 0 Å². The third-order valence-corrected chi connectivity index (χ3v) is 5.92. The number of morpholine rings is 1. The quantitative estimate of drug-likeness (QED) is 0.233. The van der Waals surface area contributed by atoms with Gasteiger partial charge >= 0.3 is 5.97 Å². The van der Waals surface area contributed by atoms with Crippen LogP contribution >= 0.6 is 11.3 Å². The maximum Gasteiger partial charge on any atom is 0.305 e. The van der Waals surface area contributed by atoms with Crippen molar-refractivity contribution in [2.24, 2.45) is 4.99 Å². The van der Waals surface area contributed by atoms with Crippen molar-refractivity contribution in [2.45, 2.75) is 45.1 Å². The first-order valence-electron chi connectivity index (χ1n) is 10.7. The Bertz CT molecular complexity index is 589. The smallest absolute Gasteiger partial charge is 0.305 e. The molecule has 7 nitrogen and oxygen atoms in total. The topological polar surface area (TPSA) is 75.2 Å². The minimum atomic E-state index is -0.0872. The van der Waals surface area contributed by atoms with Crippen molar-refractivity contribution >= 4 is 23.3 Å². The molecule has 2 heterocycles. The van der Waals surface area contributed by atoms with Gasteiger partial charge in [0.2, 0.25) is 0 Å². The van der Waals surface area contributed by atoms with Crippen LogP contribution in [0.2, 0.25) is 0 Å². The number of carbonyl (C=O) groups excluding carboxylic acids is 1. The summed E-state index contributed by atoms with van der Waals surface area (Å²) < 4.78 is 10.5. The fourth-order valence-corrected chi connectivity index (χ4v) is 4.24. The number of unbranched alkanes of at least 4 members (excludes halogenated alkanes) is 3. The van der Waals surface area contributed by atoms with Gasteiger partial charge in [0.25, 0.3) is 0 Å². The molecule has 0 bridgehead atoms. The molecular weight excluding hydrogens is 388 g/mol. The highest BCUT2D eigenvalue weighted by Crippen LogP contribution is 2.25. The van der Waals surface area contributed by atoms with Crippen molar-refractivity contribution in [3.8, 4) is 0 Å². The average molecular weight is 425 g/mol. The molecule has 0 saturated carbocycles. The van der Waals surface area contributed by atoms with E-state index in [9.17, 15) is 4.79 Å². The molecule has 0 radical (unpaired) electrons. The van der Waals surface area contributed by atoms with Gasteiger partial charge in [-0.25, -0.2) is 0 Å². The Morgan fingerprint density at radius 1 is 1.28 bits per heavy atom. The lowest BCUT2D eigenvalue weighted by molar-refractivity contribution is -0.143. The molecule has 1 atom stereocenters. The maximum atomic E-state index is 11.3. The largest absolute Gasteiger partial charge is 0.466 e. The van der Waals surface area contributed by atoms with Crippen LogP contribution in [-0.4, -0.2) is 69.9 Å². The van der Waals surface area contributed by atoms with E-state index in [0.29, 0.717) is 19.1 Å². The predicted molar refractivity (Wildman–Crippen MR) is 119 cm³/mol. The van der Waals surface area contributed by atoms with Gasteiger partial charge in [0.05, 0.1) is 25.9 Å². The Morgan fingerprint density at radius 3 is 2.76 bits per heavy atom. The van der Waals surface area contributed by atoms with Crippen molar-refractivity contribution in [1.29, 1.82) is 0 Å². The Kier molecular flexibility index (Phi) is 11.7. The zero-order valence-electron chi connectivity index (χ0n) is 17.8. The van der Waals surface area contributed by atoms with Crippen LogP contribution in [0.4, 0.5) is 0 Å². The first kappa shape index (κ1) is 23.6. The number of nitrogens with one attached hydrogen (secondary N) is 2. The maximum absolute atomic E-state index is 11.3. The molecule has 0 spiro atoms. The van der Waals surface area contributed by atoms with Crippen molar-refractivity contribution < 1.29 is 14.3 Å². The summed E-state index contributed by atoms with van der Waals surface area (Å²) >= 11 is 1.80. The average Bonchev–Trinajstić information content (AvgIpc) is 3.27. The number of thiophene rings is 1. The van der Waals surface area contributed by atoms with Crippen LogP contribution in [0.1, 0.15) is 49.9 Å². The summed E-state index contributed by atoms with van der Waals surface area (Å²) in [5.41, 5.74) is 0. The third-order valence-electron chi connectivity index (χ3n) is 4.95. The zero-order valence-corrected chi connectivity index (χ0v) is 18.6. The number of ether oxygens (including phenoxy) is 2. The molecular formula is C21H36N4O3S. The molecule has 2 rings (SSSR count). The highest BCUT2D eigenvalue weighted by atomic mass is 32.1. The Hall–Kier alpha value is -1.64. The number of aliphatic imine (C=N–C) groups is 1. The Balaban J connectivity index is 1.65. The van der Waals surface area contributed by atoms with Crippen molar-refractivity contribution in [1.82, 2.24) is 15.5 Å². The standard InChI is InChI=1S/C21H36N4O3S/c1-3-28-20(26)10-6-4-5-7-11-23-21(22-2)24-17-18(19-9-8-16-29-19)25-12-14-27-15-13-25/h8-9,16,18H,3-7,10-15,17H2,1-2H3,(H2,22,23,24). The van der Waals surface area contributed by atoms with Gasteiger partial charge in [-0.1, -0.05) is 18.9 Å². The number of hydrogen-bond donors (Lipinski definition) is 2. The van der Waals surface area contributed by atoms with Gasteiger partial charge in [-0.3, -0.25) is 14.7 Å². The van der Waals surface area contributed by atoms with Crippen molar-refractivity contribution in [3.63, 3.8) is 0 Å².